The van der Waals surface area contributed by atoms with Crippen LogP contribution >= 0.6 is 0 Å². The zero-order chi connectivity index (χ0) is 9.26. The smallest absolute Gasteiger partial charge is 0.308 e. The van der Waals surface area contributed by atoms with Gasteiger partial charge in [0.15, 0.2) is 0 Å². The molecule has 3 nitrogen and oxygen atoms in total. The highest BCUT2D eigenvalue weighted by Crippen LogP contribution is 2.30. The lowest BCUT2D eigenvalue weighted by molar-refractivity contribution is -0.131. The lowest BCUT2D eigenvalue weighted by Gasteiger charge is -2.05. The summed E-state index contributed by atoms with van der Waals surface area (Å²) in [5.74, 6) is 0.401. The Kier molecular flexibility index (Phi) is 2.02. The number of carbonyl (C=O) groups is 1. The summed E-state index contributed by atoms with van der Waals surface area (Å²) >= 11 is 0. The van der Waals surface area contributed by atoms with Crippen molar-refractivity contribution < 1.29 is 9.53 Å². The molecule has 1 aliphatic rings. The van der Waals surface area contributed by atoms with Gasteiger partial charge in [-0.15, -0.1) is 0 Å². The number of benzene rings is 1. The molecule has 1 atom stereocenters. The molecule has 0 radical (unpaired) electrons. The number of esters is 1. The van der Waals surface area contributed by atoms with Crippen molar-refractivity contribution in [1.29, 1.82) is 0 Å². The van der Waals surface area contributed by atoms with Gasteiger partial charge in [0.1, 0.15) is 5.75 Å². The van der Waals surface area contributed by atoms with Crippen LogP contribution in [0.5, 0.6) is 5.75 Å². The van der Waals surface area contributed by atoms with E-state index in [0.717, 1.165) is 12.1 Å². The monoisotopic (exact) mass is 177 g/mol. The topological polar surface area (TPSA) is 48.2 Å². The SMILES string of the molecule is CC(=O)Oc1ccccc1[C@H]1CN1. The number of rotatable bonds is 2. The highest BCUT2D eigenvalue weighted by Gasteiger charge is 2.25. The Labute approximate surface area is 76.7 Å². The Morgan fingerprint density at radius 3 is 2.85 bits per heavy atom. The largest absolute Gasteiger partial charge is 0.426 e. The molecule has 1 N–H and O–H groups in total. The minimum atomic E-state index is -0.270. The Hall–Kier alpha value is -1.35. The lowest BCUT2D eigenvalue weighted by atomic mass is 10.1. The van der Waals surface area contributed by atoms with Crippen LogP contribution in [0.2, 0.25) is 0 Å². The molecule has 2 rings (SSSR count). The van der Waals surface area contributed by atoms with E-state index >= 15 is 0 Å². The third-order valence-electron chi connectivity index (χ3n) is 1.96. The fourth-order valence-electron chi connectivity index (χ4n) is 1.30. The molecular weight excluding hydrogens is 166 g/mol. The Balaban J connectivity index is 2.26. The van der Waals surface area contributed by atoms with Crippen molar-refractivity contribution in [2.75, 3.05) is 6.54 Å². The van der Waals surface area contributed by atoms with Gasteiger partial charge in [-0.2, -0.15) is 0 Å². The normalized spacial score (nSPS) is 19.6. The Morgan fingerprint density at radius 2 is 2.23 bits per heavy atom. The number of ether oxygens (including phenoxy) is 1. The van der Waals surface area contributed by atoms with Crippen LogP contribution in [0.25, 0.3) is 0 Å². The molecule has 68 valence electrons. The summed E-state index contributed by atoms with van der Waals surface area (Å²) in [5.41, 5.74) is 1.07. The summed E-state index contributed by atoms with van der Waals surface area (Å²) in [6.07, 6.45) is 0. The number of hydrogen-bond donors (Lipinski definition) is 1. The van der Waals surface area contributed by atoms with E-state index in [2.05, 4.69) is 5.32 Å². The number of carbonyl (C=O) groups excluding carboxylic acids is 1. The molecule has 1 aromatic rings. The van der Waals surface area contributed by atoms with E-state index < -0.39 is 0 Å². The summed E-state index contributed by atoms with van der Waals surface area (Å²) in [7, 11) is 0. The third-order valence-corrected chi connectivity index (χ3v) is 1.96. The van der Waals surface area contributed by atoms with Gasteiger partial charge in [0.2, 0.25) is 0 Å². The number of nitrogens with one attached hydrogen (secondary N) is 1. The first-order valence-electron chi connectivity index (χ1n) is 4.28. The van der Waals surface area contributed by atoms with Crippen LogP contribution in [0.4, 0.5) is 0 Å². The molecule has 0 aromatic heterocycles. The first kappa shape index (κ1) is 8.26. The van der Waals surface area contributed by atoms with Crippen LogP contribution in [0.3, 0.4) is 0 Å². The summed E-state index contributed by atoms with van der Waals surface area (Å²) in [5, 5.41) is 3.17. The fraction of sp³-hybridized carbons (Fsp3) is 0.300. The zero-order valence-corrected chi connectivity index (χ0v) is 7.41. The van der Waals surface area contributed by atoms with E-state index in [9.17, 15) is 4.79 Å². The second kappa shape index (κ2) is 3.18. The molecular formula is C10H11NO2. The van der Waals surface area contributed by atoms with Gasteiger partial charge in [-0.1, -0.05) is 18.2 Å². The summed E-state index contributed by atoms with van der Waals surface area (Å²) < 4.78 is 5.07. The lowest BCUT2D eigenvalue weighted by Crippen LogP contribution is -2.03. The molecule has 1 aromatic carbocycles. The number of para-hydroxylation sites is 1. The van der Waals surface area contributed by atoms with E-state index in [1.807, 2.05) is 24.3 Å². The van der Waals surface area contributed by atoms with E-state index in [1.54, 1.807) is 0 Å². The van der Waals surface area contributed by atoms with Crippen LogP contribution in [0.15, 0.2) is 24.3 Å². The summed E-state index contributed by atoms with van der Waals surface area (Å²) in [6, 6.07) is 7.97. The van der Waals surface area contributed by atoms with E-state index in [4.69, 9.17) is 4.74 Å². The second-order valence-electron chi connectivity index (χ2n) is 3.09. The van der Waals surface area contributed by atoms with Crippen molar-refractivity contribution >= 4 is 5.97 Å². The van der Waals surface area contributed by atoms with Crippen LogP contribution in [-0.2, 0) is 4.79 Å². The first-order valence-corrected chi connectivity index (χ1v) is 4.28. The second-order valence-corrected chi connectivity index (χ2v) is 3.09. The molecule has 0 spiro atoms. The highest BCUT2D eigenvalue weighted by molar-refractivity contribution is 5.70. The van der Waals surface area contributed by atoms with Crippen LogP contribution in [0, 0.1) is 0 Å². The van der Waals surface area contributed by atoms with Gasteiger partial charge in [0, 0.05) is 25.1 Å². The maximum absolute atomic E-state index is 10.8. The molecule has 0 bridgehead atoms. The van der Waals surface area contributed by atoms with E-state index in [0.29, 0.717) is 11.8 Å². The Morgan fingerprint density at radius 1 is 1.54 bits per heavy atom. The molecule has 1 saturated heterocycles. The van der Waals surface area contributed by atoms with Gasteiger partial charge in [-0.05, 0) is 6.07 Å². The van der Waals surface area contributed by atoms with Crippen molar-refractivity contribution in [3.8, 4) is 5.75 Å². The molecule has 0 unspecified atom stereocenters. The molecule has 0 amide bonds. The molecule has 3 heteroatoms. The highest BCUT2D eigenvalue weighted by atomic mass is 16.5. The molecule has 1 aliphatic heterocycles. The van der Waals surface area contributed by atoms with Gasteiger partial charge in [-0.3, -0.25) is 4.79 Å². The van der Waals surface area contributed by atoms with Crippen molar-refractivity contribution in [2.45, 2.75) is 13.0 Å². The van der Waals surface area contributed by atoms with Crippen molar-refractivity contribution in [3.63, 3.8) is 0 Å². The maximum atomic E-state index is 10.8. The van der Waals surface area contributed by atoms with Crippen molar-refractivity contribution in [3.05, 3.63) is 29.8 Å². The number of hydrogen-bond acceptors (Lipinski definition) is 3. The van der Waals surface area contributed by atoms with Crippen LogP contribution in [0.1, 0.15) is 18.5 Å². The summed E-state index contributed by atoms with van der Waals surface area (Å²) in [4.78, 5) is 10.8. The predicted molar refractivity (Wildman–Crippen MR) is 48.5 cm³/mol. The van der Waals surface area contributed by atoms with E-state index in [-0.39, 0.29) is 5.97 Å². The third kappa shape index (κ3) is 1.87. The Bertz CT molecular complexity index is 331. The molecule has 0 saturated carbocycles. The van der Waals surface area contributed by atoms with Gasteiger partial charge in [0.25, 0.3) is 0 Å². The van der Waals surface area contributed by atoms with Gasteiger partial charge in [0.05, 0.1) is 0 Å². The predicted octanol–water partition coefficient (Wildman–Crippen LogP) is 1.26. The quantitative estimate of drug-likeness (QED) is 0.420. The minimum Gasteiger partial charge on any atom is -0.426 e. The van der Waals surface area contributed by atoms with Gasteiger partial charge < -0.3 is 10.1 Å². The molecule has 1 fully saturated rings. The molecule has 13 heavy (non-hydrogen) atoms. The van der Waals surface area contributed by atoms with Gasteiger partial charge in [-0.25, -0.2) is 0 Å². The molecule has 1 heterocycles. The van der Waals surface area contributed by atoms with Crippen LogP contribution < -0.4 is 10.1 Å². The minimum absolute atomic E-state index is 0.270. The first-order chi connectivity index (χ1) is 6.27. The average molecular weight is 177 g/mol. The maximum Gasteiger partial charge on any atom is 0.308 e. The van der Waals surface area contributed by atoms with Crippen LogP contribution in [-0.4, -0.2) is 12.5 Å². The zero-order valence-electron chi connectivity index (χ0n) is 7.41. The van der Waals surface area contributed by atoms with Gasteiger partial charge >= 0.3 is 5.97 Å². The van der Waals surface area contributed by atoms with E-state index in [1.165, 1.54) is 6.92 Å². The fourth-order valence-corrected chi connectivity index (χ4v) is 1.30. The summed E-state index contributed by atoms with van der Waals surface area (Å²) in [6.45, 7) is 2.38. The molecule has 0 aliphatic carbocycles. The van der Waals surface area contributed by atoms with Crippen molar-refractivity contribution in [1.82, 2.24) is 5.32 Å². The van der Waals surface area contributed by atoms with Crippen molar-refractivity contribution in [2.24, 2.45) is 0 Å². The standard InChI is InChI=1S/C10H11NO2/c1-7(12)13-10-5-3-2-4-8(10)9-6-11-9/h2-5,9,11H,6H2,1H3/t9-/m1/s1. The average Bonchev–Trinajstić information content (AvgIpc) is 2.87.